The lowest BCUT2D eigenvalue weighted by Gasteiger charge is -2.09. The van der Waals surface area contributed by atoms with Gasteiger partial charge in [0.15, 0.2) is 5.65 Å². The number of methoxy groups -OCH3 is 1. The number of aromatic nitrogens is 3. The number of aromatic amines is 1. The minimum absolute atomic E-state index is 0.141. The van der Waals surface area contributed by atoms with E-state index < -0.39 is 0 Å². The maximum Gasteiger partial charge on any atom is 0.215 e. The molecule has 5 heteroatoms. The fraction of sp³-hybridized carbons (Fsp3) is 0.250. The highest BCUT2D eigenvalue weighted by molar-refractivity contribution is 5.76. The van der Waals surface area contributed by atoms with E-state index in [9.17, 15) is 0 Å². The molecule has 0 atom stereocenters. The second kappa shape index (κ2) is 5.44. The molecule has 0 aliphatic rings. The van der Waals surface area contributed by atoms with Crippen LogP contribution in [0.4, 0.5) is 0 Å². The summed E-state index contributed by atoms with van der Waals surface area (Å²) in [4.78, 5) is 12.1. The molecule has 5 nitrogen and oxygen atoms in total. The zero-order valence-corrected chi connectivity index (χ0v) is 12.3. The lowest BCUT2D eigenvalue weighted by Crippen LogP contribution is -2.05. The van der Waals surface area contributed by atoms with Gasteiger partial charge in [0.1, 0.15) is 11.6 Å². The largest absolute Gasteiger partial charge is 0.491 e. The molecule has 2 heterocycles. The Morgan fingerprint density at radius 2 is 1.95 bits per heavy atom. The number of nitrogens with one attached hydrogen (secondary N) is 1. The van der Waals surface area contributed by atoms with Gasteiger partial charge in [0, 0.05) is 11.6 Å². The molecule has 3 aromatic rings. The van der Waals surface area contributed by atoms with Gasteiger partial charge in [-0.25, -0.2) is 4.98 Å². The van der Waals surface area contributed by atoms with E-state index >= 15 is 0 Å². The van der Waals surface area contributed by atoms with Crippen LogP contribution < -0.4 is 9.47 Å². The number of nitrogens with zero attached hydrogens (tertiary/aromatic N) is 2. The van der Waals surface area contributed by atoms with Crippen molar-refractivity contribution < 1.29 is 9.47 Å². The Labute approximate surface area is 123 Å². The number of hydrogen-bond acceptors (Lipinski definition) is 4. The van der Waals surface area contributed by atoms with Crippen molar-refractivity contribution >= 4 is 11.2 Å². The topological polar surface area (TPSA) is 60.0 Å². The summed E-state index contributed by atoms with van der Waals surface area (Å²) in [5.74, 6) is 2.14. The fourth-order valence-electron chi connectivity index (χ4n) is 2.11. The Morgan fingerprint density at radius 3 is 2.71 bits per heavy atom. The van der Waals surface area contributed by atoms with Gasteiger partial charge in [0.05, 0.1) is 18.7 Å². The van der Waals surface area contributed by atoms with Crippen LogP contribution in [0.15, 0.2) is 36.4 Å². The maximum atomic E-state index is 5.71. The second-order valence-corrected chi connectivity index (χ2v) is 5.00. The van der Waals surface area contributed by atoms with Gasteiger partial charge >= 0.3 is 0 Å². The van der Waals surface area contributed by atoms with Crippen LogP contribution in [0.2, 0.25) is 0 Å². The fourth-order valence-corrected chi connectivity index (χ4v) is 2.11. The van der Waals surface area contributed by atoms with Gasteiger partial charge in [-0.05, 0) is 32.0 Å². The van der Waals surface area contributed by atoms with Gasteiger partial charge in [-0.15, -0.1) is 0 Å². The summed E-state index contributed by atoms with van der Waals surface area (Å²) in [6.45, 7) is 4.01. The van der Waals surface area contributed by atoms with Gasteiger partial charge in [0.25, 0.3) is 0 Å². The molecule has 0 spiro atoms. The summed E-state index contributed by atoms with van der Waals surface area (Å²) >= 11 is 0. The average Bonchev–Trinajstić information content (AvgIpc) is 2.89. The van der Waals surface area contributed by atoms with Crippen molar-refractivity contribution in [3.05, 3.63) is 36.4 Å². The number of fused-ring (bicyclic) bond motifs is 1. The standard InChI is InChI=1S/C16H17N3O2/c1-10(2)21-12-6-4-5-11(9-12)15-17-13-7-8-14(20-3)18-16(13)19-15/h4-10H,1-3H3,(H,17,18,19). The Hall–Kier alpha value is -2.56. The smallest absolute Gasteiger partial charge is 0.215 e. The van der Waals surface area contributed by atoms with Crippen molar-refractivity contribution in [2.24, 2.45) is 0 Å². The van der Waals surface area contributed by atoms with E-state index in [1.165, 1.54) is 0 Å². The van der Waals surface area contributed by atoms with Crippen molar-refractivity contribution in [2.75, 3.05) is 7.11 Å². The van der Waals surface area contributed by atoms with Crippen LogP contribution in [0.5, 0.6) is 11.6 Å². The number of rotatable bonds is 4. The van der Waals surface area contributed by atoms with Crippen molar-refractivity contribution in [3.63, 3.8) is 0 Å². The highest BCUT2D eigenvalue weighted by Gasteiger charge is 2.08. The number of ether oxygens (including phenoxy) is 2. The maximum absolute atomic E-state index is 5.71. The van der Waals surface area contributed by atoms with E-state index in [2.05, 4.69) is 15.0 Å². The Balaban J connectivity index is 1.99. The molecule has 2 aromatic heterocycles. The molecular weight excluding hydrogens is 266 g/mol. The first-order valence-electron chi connectivity index (χ1n) is 6.83. The van der Waals surface area contributed by atoms with E-state index in [0.717, 1.165) is 22.7 Å². The summed E-state index contributed by atoms with van der Waals surface area (Å²) in [7, 11) is 1.59. The highest BCUT2D eigenvalue weighted by Crippen LogP contribution is 2.24. The number of hydrogen-bond donors (Lipinski definition) is 1. The number of H-pyrrole nitrogens is 1. The highest BCUT2D eigenvalue weighted by atomic mass is 16.5. The van der Waals surface area contributed by atoms with Crippen LogP contribution >= 0.6 is 0 Å². The van der Waals surface area contributed by atoms with Crippen molar-refractivity contribution in [2.45, 2.75) is 20.0 Å². The van der Waals surface area contributed by atoms with Crippen LogP contribution in [-0.4, -0.2) is 28.2 Å². The molecule has 1 aromatic carbocycles. The van der Waals surface area contributed by atoms with Crippen molar-refractivity contribution in [1.82, 2.24) is 15.0 Å². The van der Waals surface area contributed by atoms with E-state index in [4.69, 9.17) is 9.47 Å². The molecule has 3 rings (SSSR count). The van der Waals surface area contributed by atoms with E-state index in [1.54, 1.807) is 7.11 Å². The van der Waals surface area contributed by atoms with Crippen molar-refractivity contribution in [1.29, 1.82) is 0 Å². The number of pyridine rings is 1. The first-order chi connectivity index (χ1) is 10.2. The molecule has 0 unspecified atom stereocenters. The lowest BCUT2D eigenvalue weighted by molar-refractivity contribution is 0.242. The molecule has 1 N–H and O–H groups in total. The Morgan fingerprint density at radius 1 is 1.10 bits per heavy atom. The average molecular weight is 283 g/mol. The minimum atomic E-state index is 0.141. The quantitative estimate of drug-likeness (QED) is 0.797. The summed E-state index contributed by atoms with van der Waals surface area (Å²) in [5, 5.41) is 0. The predicted octanol–water partition coefficient (Wildman–Crippen LogP) is 3.42. The molecule has 0 saturated heterocycles. The molecule has 0 aliphatic heterocycles. The molecule has 0 bridgehead atoms. The predicted molar refractivity (Wildman–Crippen MR) is 81.6 cm³/mol. The van der Waals surface area contributed by atoms with Gasteiger partial charge in [-0.2, -0.15) is 4.98 Å². The van der Waals surface area contributed by atoms with Crippen LogP contribution in [0.1, 0.15) is 13.8 Å². The molecule has 0 aliphatic carbocycles. The summed E-state index contributed by atoms with van der Waals surface area (Å²) in [6.07, 6.45) is 0.141. The third-order valence-electron chi connectivity index (χ3n) is 3.01. The van der Waals surface area contributed by atoms with E-state index in [1.807, 2.05) is 50.2 Å². The van der Waals surface area contributed by atoms with Gasteiger partial charge in [-0.3, -0.25) is 0 Å². The van der Waals surface area contributed by atoms with E-state index in [0.29, 0.717) is 11.5 Å². The van der Waals surface area contributed by atoms with Gasteiger partial charge in [-0.1, -0.05) is 12.1 Å². The third kappa shape index (κ3) is 2.81. The Bertz CT molecular complexity index is 765. The van der Waals surface area contributed by atoms with Crippen LogP contribution in [-0.2, 0) is 0 Å². The van der Waals surface area contributed by atoms with Crippen LogP contribution in [0.3, 0.4) is 0 Å². The molecule has 0 saturated carbocycles. The monoisotopic (exact) mass is 283 g/mol. The summed E-state index contributed by atoms with van der Waals surface area (Å²) < 4.78 is 10.8. The number of imidazole rings is 1. The molecular formula is C16H17N3O2. The normalized spacial score (nSPS) is 11.0. The zero-order valence-electron chi connectivity index (χ0n) is 12.3. The van der Waals surface area contributed by atoms with E-state index in [-0.39, 0.29) is 6.10 Å². The second-order valence-electron chi connectivity index (χ2n) is 5.00. The molecule has 21 heavy (non-hydrogen) atoms. The summed E-state index contributed by atoms with van der Waals surface area (Å²) in [6, 6.07) is 11.6. The zero-order chi connectivity index (χ0) is 14.8. The van der Waals surface area contributed by atoms with Crippen LogP contribution in [0, 0.1) is 0 Å². The van der Waals surface area contributed by atoms with Crippen LogP contribution in [0.25, 0.3) is 22.6 Å². The Kier molecular flexibility index (Phi) is 3.48. The SMILES string of the molecule is COc1ccc2[nH]c(-c3cccc(OC(C)C)c3)nc2n1. The van der Waals surface area contributed by atoms with Gasteiger partial charge in [0.2, 0.25) is 5.88 Å². The third-order valence-corrected chi connectivity index (χ3v) is 3.01. The molecule has 108 valence electrons. The first-order valence-corrected chi connectivity index (χ1v) is 6.83. The number of benzene rings is 1. The first kappa shape index (κ1) is 13.4. The van der Waals surface area contributed by atoms with Gasteiger partial charge < -0.3 is 14.5 Å². The lowest BCUT2D eigenvalue weighted by atomic mass is 10.2. The van der Waals surface area contributed by atoms with Crippen molar-refractivity contribution in [3.8, 4) is 23.0 Å². The minimum Gasteiger partial charge on any atom is -0.491 e. The molecule has 0 radical (unpaired) electrons. The molecule has 0 fully saturated rings. The molecule has 0 amide bonds. The summed E-state index contributed by atoms with van der Waals surface area (Å²) in [5.41, 5.74) is 2.48.